The van der Waals surface area contributed by atoms with E-state index >= 15 is 0 Å². The lowest BCUT2D eigenvalue weighted by atomic mass is 10.2. The third kappa shape index (κ3) is 3.12. The number of anilines is 1. The van der Waals surface area contributed by atoms with Gasteiger partial charge in [-0.25, -0.2) is 4.98 Å². The summed E-state index contributed by atoms with van der Waals surface area (Å²) in [7, 11) is 1.92. The Labute approximate surface area is 108 Å². The summed E-state index contributed by atoms with van der Waals surface area (Å²) >= 11 is 0. The molecule has 0 radical (unpaired) electrons. The molecule has 2 aromatic heterocycles. The van der Waals surface area contributed by atoms with Crippen LogP contribution in [0.4, 0.5) is 5.95 Å². The van der Waals surface area contributed by atoms with Gasteiger partial charge >= 0.3 is 0 Å². The molecule has 0 fully saturated rings. The van der Waals surface area contributed by atoms with E-state index in [0.717, 1.165) is 30.3 Å². The van der Waals surface area contributed by atoms with Crippen molar-refractivity contribution in [3.63, 3.8) is 0 Å². The van der Waals surface area contributed by atoms with E-state index in [9.17, 15) is 0 Å². The minimum absolute atomic E-state index is 0.609. The number of nitrogens with one attached hydrogen (secondary N) is 1. The fourth-order valence-electron chi connectivity index (χ4n) is 1.96. The lowest BCUT2D eigenvalue weighted by molar-refractivity contribution is 0.526. The minimum Gasteiger partial charge on any atom is -0.351 e. The highest BCUT2D eigenvalue weighted by Crippen LogP contribution is 2.12. The number of aryl methyl sites for hydroxylation is 2. The molecule has 2 rings (SSSR count). The van der Waals surface area contributed by atoms with Gasteiger partial charge in [-0.1, -0.05) is 13.8 Å². The topological polar surface area (TPSA) is 47.7 Å². The van der Waals surface area contributed by atoms with Crippen molar-refractivity contribution in [2.24, 2.45) is 13.0 Å². The summed E-state index contributed by atoms with van der Waals surface area (Å²) in [6.07, 6.45) is 5.97. The van der Waals surface area contributed by atoms with Gasteiger partial charge in [0.2, 0.25) is 5.95 Å². The second-order valence-corrected chi connectivity index (χ2v) is 5.13. The Hall–Kier alpha value is -1.78. The molecule has 0 aliphatic carbocycles. The van der Waals surface area contributed by atoms with E-state index in [1.54, 1.807) is 0 Å². The first-order valence-corrected chi connectivity index (χ1v) is 6.29. The van der Waals surface area contributed by atoms with Crippen LogP contribution in [0.25, 0.3) is 0 Å². The first-order valence-electron chi connectivity index (χ1n) is 6.29. The van der Waals surface area contributed by atoms with Crippen molar-refractivity contribution in [1.29, 1.82) is 0 Å². The Balaban J connectivity index is 2.04. The molecule has 0 aromatic carbocycles. The van der Waals surface area contributed by atoms with Crippen LogP contribution < -0.4 is 5.32 Å². The molecule has 2 heterocycles. The van der Waals surface area contributed by atoms with Gasteiger partial charge in [-0.05, 0) is 12.8 Å². The number of nitrogens with zero attached hydrogens (tertiary/aromatic N) is 4. The number of rotatable bonds is 5. The summed E-state index contributed by atoms with van der Waals surface area (Å²) < 4.78 is 3.99. The SMILES string of the molecule is Cc1cn(CC(C)C)c(NCc2cnn(C)c2)n1. The molecule has 0 amide bonds. The maximum absolute atomic E-state index is 4.51. The van der Waals surface area contributed by atoms with Crippen molar-refractivity contribution >= 4 is 5.95 Å². The number of hydrogen-bond acceptors (Lipinski definition) is 3. The first kappa shape index (κ1) is 12.7. The molecule has 0 aliphatic rings. The van der Waals surface area contributed by atoms with E-state index in [1.807, 2.05) is 31.0 Å². The standard InChI is InChI=1S/C13H21N5/c1-10(2)7-18-8-11(3)16-13(18)14-5-12-6-15-17(4)9-12/h6,8-10H,5,7H2,1-4H3,(H,14,16). The van der Waals surface area contributed by atoms with Gasteiger partial charge in [0.1, 0.15) is 0 Å². The van der Waals surface area contributed by atoms with E-state index in [2.05, 4.69) is 40.0 Å². The summed E-state index contributed by atoms with van der Waals surface area (Å²) in [5.41, 5.74) is 2.21. The number of hydrogen-bond donors (Lipinski definition) is 1. The largest absolute Gasteiger partial charge is 0.351 e. The van der Waals surface area contributed by atoms with Gasteiger partial charge in [0.25, 0.3) is 0 Å². The summed E-state index contributed by atoms with van der Waals surface area (Å²) in [6.45, 7) is 8.17. The van der Waals surface area contributed by atoms with Crippen molar-refractivity contribution in [3.05, 3.63) is 29.8 Å². The van der Waals surface area contributed by atoms with Crippen molar-refractivity contribution in [2.75, 3.05) is 5.32 Å². The minimum atomic E-state index is 0.609. The Morgan fingerprint density at radius 2 is 2.11 bits per heavy atom. The van der Waals surface area contributed by atoms with Gasteiger partial charge in [0.05, 0.1) is 11.9 Å². The van der Waals surface area contributed by atoms with Crippen molar-refractivity contribution in [1.82, 2.24) is 19.3 Å². The lowest BCUT2D eigenvalue weighted by Crippen LogP contribution is -2.09. The summed E-state index contributed by atoms with van der Waals surface area (Å²) in [4.78, 5) is 4.51. The lowest BCUT2D eigenvalue weighted by Gasteiger charge is -2.11. The highest BCUT2D eigenvalue weighted by Gasteiger charge is 2.07. The molecule has 5 heteroatoms. The molecule has 2 aromatic rings. The second-order valence-electron chi connectivity index (χ2n) is 5.13. The van der Waals surface area contributed by atoms with Crippen LogP contribution in [0, 0.1) is 12.8 Å². The summed E-state index contributed by atoms with van der Waals surface area (Å²) in [5.74, 6) is 1.54. The Morgan fingerprint density at radius 3 is 2.72 bits per heavy atom. The zero-order valence-electron chi connectivity index (χ0n) is 11.5. The van der Waals surface area contributed by atoms with E-state index in [0.29, 0.717) is 5.92 Å². The van der Waals surface area contributed by atoms with Gasteiger partial charge < -0.3 is 9.88 Å². The Kier molecular flexibility index (Phi) is 3.69. The number of imidazole rings is 1. The average Bonchev–Trinajstić information content (AvgIpc) is 2.82. The predicted octanol–water partition coefficient (Wildman–Crippen LogP) is 2.19. The fraction of sp³-hybridized carbons (Fsp3) is 0.538. The molecular weight excluding hydrogens is 226 g/mol. The van der Waals surface area contributed by atoms with Crippen molar-refractivity contribution in [3.8, 4) is 0 Å². The van der Waals surface area contributed by atoms with Crippen LogP contribution in [0.3, 0.4) is 0 Å². The maximum Gasteiger partial charge on any atom is 0.203 e. The molecule has 0 saturated carbocycles. The normalized spacial score (nSPS) is 11.2. The fourth-order valence-corrected chi connectivity index (χ4v) is 1.96. The van der Waals surface area contributed by atoms with Crippen LogP contribution in [0.2, 0.25) is 0 Å². The van der Waals surface area contributed by atoms with Gasteiger partial charge in [0.15, 0.2) is 0 Å². The monoisotopic (exact) mass is 247 g/mol. The molecule has 0 aliphatic heterocycles. The smallest absolute Gasteiger partial charge is 0.203 e. The van der Waals surface area contributed by atoms with E-state index in [1.165, 1.54) is 0 Å². The third-order valence-corrected chi connectivity index (χ3v) is 2.67. The van der Waals surface area contributed by atoms with Gasteiger partial charge in [0, 0.05) is 38.1 Å². The molecule has 5 nitrogen and oxygen atoms in total. The quantitative estimate of drug-likeness (QED) is 0.881. The first-order chi connectivity index (χ1) is 8.54. The van der Waals surface area contributed by atoms with E-state index in [-0.39, 0.29) is 0 Å². The molecule has 98 valence electrons. The van der Waals surface area contributed by atoms with Crippen LogP contribution >= 0.6 is 0 Å². The van der Waals surface area contributed by atoms with Crippen LogP contribution in [0.5, 0.6) is 0 Å². The predicted molar refractivity (Wildman–Crippen MR) is 72.3 cm³/mol. The molecule has 0 spiro atoms. The van der Waals surface area contributed by atoms with Crippen molar-refractivity contribution < 1.29 is 0 Å². The molecule has 0 atom stereocenters. The highest BCUT2D eigenvalue weighted by atomic mass is 15.2. The Bertz CT molecular complexity index is 509. The van der Waals surface area contributed by atoms with Crippen LogP contribution in [-0.2, 0) is 20.1 Å². The van der Waals surface area contributed by atoms with Crippen LogP contribution in [0.1, 0.15) is 25.1 Å². The van der Waals surface area contributed by atoms with Crippen LogP contribution in [-0.4, -0.2) is 19.3 Å². The molecule has 0 bridgehead atoms. The average molecular weight is 247 g/mol. The van der Waals surface area contributed by atoms with Gasteiger partial charge in [-0.2, -0.15) is 5.10 Å². The maximum atomic E-state index is 4.51. The third-order valence-electron chi connectivity index (χ3n) is 2.67. The zero-order chi connectivity index (χ0) is 13.1. The highest BCUT2D eigenvalue weighted by molar-refractivity contribution is 5.30. The number of aromatic nitrogens is 4. The second kappa shape index (κ2) is 5.25. The van der Waals surface area contributed by atoms with Gasteiger partial charge in [-0.3, -0.25) is 4.68 Å². The van der Waals surface area contributed by atoms with Gasteiger partial charge in [-0.15, -0.1) is 0 Å². The van der Waals surface area contributed by atoms with Crippen LogP contribution in [0.15, 0.2) is 18.6 Å². The molecule has 1 N–H and O–H groups in total. The molecule has 18 heavy (non-hydrogen) atoms. The molecule has 0 unspecified atom stereocenters. The Morgan fingerprint density at radius 1 is 1.33 bits per heavy atom. The van der Waals surface area contributed by atoms with E-state index in [4.69, 9.17) is 0 Å². The molecular formula is C13H21N5. The van der Waals surface area contributed by atoms with Crippen molar-refractivity contribution in [2.45, 2.75) is 33.9 Å². The molecule has 0 saturated heterocycles. The summed E-state index contributed by atoms with van der Waals surface area (Å²) in [6, 6.07) is 0. The summed E-state index contributed by atoms with van der Waals surface area (Å²) in [5, 5.41) is 7.52. The zero-order valence-corrected chi connectivity index (χ0v) is 11.5. The van der Waals surface area contributed by atoms with E-state index < -0.39 is 0 Å².